The van der Waals surface area contributed by atoms with E-state index in [0.29, 0.717) is 17.3 Å². The number of rotatable bonds is 7. The molecule has 0 radical (unpaired) electrons. The smallest absolute Gasteiger partial charge is 0.233 e. The summed E-state index contributed by atoms with van der Waals surface area (Å²) in [5.41, 5.74) is 1.33. The molecule has 0 spiro atoms. The summed E-state index contributed by atoms with van der Waals surface area (Å²) in [6, 6.07) is 5.17. The second-order valence-electron chi connectivity index (χ2n) is 5.43. The van der Waals surface area contributed by atoms with Crippen LogP contribution >= 0.6 is 11.6 Å². The van der Waals surface area contributed by atoms with Gasteiger partial charge in [-0.1, -0.05) is 31.5 Å². The van der Waals surface area contributed by atoms with Crippen LogP contribution in [0.5, 0.6) is 0 Å². The molecule has 0 aliphatic heterocycles. The van der Waals surface area contributed by atoms with Crippen molar-refractivity contribution in [3.8, 4) is 0 Å². The van der Waals surface area contributed by atoms with Gasteiger partial charge in [0.2, 0.25) is 17.7 Å². The van der Waals surface area contributed by atoms with Gasteiger partial charge in [0, 0.05) is 29.7 Å². The van der Waals surface area contributed by atoms with E-state index in [2.05, 4.69) is 16.0 Å². The molecular formula is C16H22ClN3O3. The molecule has 23 heavy (non-hydrogen) atoms. The fourth-order valence-electron chi connectivity index (χ4n) is 1.74. The van der Waals surface area contributed by atoms with E-state index in [-0.39, 0.29) is 24.8 Å². The Hall–Kier alpha value is -2.08. The minimum atomic E-state index is -0.418. The van der Waals surface area contributed by atoms with Crippen LogP contribution in [0.1, 0.15) is 25.8 Å². The molecule has 1 rings (SSSR count). The van der Waals surface area contributed by atoms with E-state index in [4.69, 9.17) is 11.6 Å². The Morgan fingerprint density at radius 3 is 2.39 bits per heavy atom. The number of anilines is 1. The molecule has 0 aliphatic rings. The number of nitrogens with one attached hydrogen (secondary N) is 3. The van der Waals surface area contributed by atoms with Crippen molar-refractivity contribution in [3.05, 3.63) is 28.8 Å². The number of halogens is 1. The third-order valence-electron chi connectivity index (χ3n) is 3.13. The summed E-state index contributed by atoms with van der Waals surface area (Å²) >= 11 is 5.97. The lowest BCUT2D eigenvalue weighted by molar-refractivity contribution is -0.127. The highest BCUT2D eigenvalue weighted by Gasteiger charge is 2.11. The molecule has 7 heteroatoms. The number of hydrogen-bond donors (Lipinski definition) is 3. The first kappa shape index (κ1) is 19.0. The lowest BCUT2D eigenvalue weighted by Crippen LogP contribution is -2.37. The lowest BCUT2D eigenvalue weighted by Gasteiger charge is -2.10. The van der Waals surface area contributed by atoms with Crippen molar-refractivity contribution < 1.29 is 14.4 Å². The Labute approximate surface area is 141 Å². The average molecular weight is 340 g/mol. The molecule has 0 saturated heterocycles. The van der Waals surface area contributed by atoms with Crippen LogP contribution in [0.25, 0.3) is 0 Å². The maximum absolute atomic E-state index is 11.8. The number of carbonyl (C=O) groups is 3. The van der Waals surface area contributed by atoms with Gasteiger partial charge in [0.15, 0.2) is 0 Å². The van der Waals surface area contributed by atoms with Crippen molar-refractivity contribution in [1.82, 2.24) is 10.6 Å². The summed E-state index contributed by atoms with van der Waals surface area (Å²) in [5.74, 6) is -0.995. The fraction of sp³-hybridized carbons (Fsp3) is 0.438. The SMILES string of the molecule is Cc1c(Cl)cccc1NC(=O)CC(=O)NCCNC(=O)C(C)C. The van der Waals surface area contributed by atoms with Gasteiger partial charge < -0.3 is 16.0 Å². The highest BCUT2D eigenvalue weighted by Crippen LogP contribution is 2.22. The molecule has 0 bridgehead atoms. The van der Waals surface area contributed by atoms with Gasteiger partial charge in [-0.2, -0.15) is 0 Å². The van der Waals surface area contributed by atoms with Gasteiger partial charge in [-0.05, 0) is 24.6 Å². The van der Waals surface area contributed by atoms with Crippen molar-refractivity contribution in [2.45, 2.75) is 27.2 Å². The number of benzene rings is 1. The summed E-state index contributed by atoms with van der Waals surface area (Å²) in [6.07, 6.45) is -0.288. The second kappa shape index (κ2) is 9.15. The van der Waals surface area contributed by atoms with Crippen LogP contribution in [0, 0.1) is 12.8 Å². The van der Waals surface area contributed by atoms with E-state index < -0.39 is 11.8 Å². The maximum atomic E-state index is 11.8. The van der Waals surface area contributed by atoms with Gasteiger partial charge in [-0.25, -0.2) is 0 Å². The number of amides is 3. The van der Waals surface area contributed by atoms with Crippen LogP contribution in [0.15, 0.2) is 18.2 Å². The third kappa shape index (κ3) is 6.69. The normalized spacial score (nSPS) is 10.3. The van der Waals surface area contributed by atoms with Crippen molar-refractivity contribution in [1.29, 1.82) is 0 Å². The summed E-state index contributed by atoms with van der Waals surface area (Å²) in [5, 5.41) is 8.46. The topological polar surface area (TPSA) is 87.3 Å². The van der Waals surface area contributed by atoms with E-state index >= 15 is 0 Å². The van der Waals surface area contributed by atoms with Crippen molar-refractivity contribution in [3.63, 3.8) is 0 Å². The minimum absolute atomic E-state index is 0.0755. The van der Waals surface area contributed by atoms with E-state index in [1.807, 2.05) is 0 Å². The van der Waals surface area contributed by atoms with E-state index in [9.17, 15) is 14.4 Å². The zero-order valence-corrected chi connectivity index (χ0v) is 14.3. The Kier molecular flexibility index (Phi) is 7.54. The molecule has 0 unspecified atom stereocenters. The molecule has 0 saturated carbocycles. The number of hydrogen-bond acceptors (Lipinski definition) is 3. The van der Waals surface area contributed by atoms with E-state index in [0.717, 1.165) is 5.56 Å². The zero-order chi connectivity index (χ0) is 17.4. The fourth-order valence-corrected chi connectivity index (χ4v) is 1.91. The van der Waals surface area contributed by atoms with Crippen LogP contribution < -0.4 is 16.0 Å². The van der Waals surface area contributed by atoms with Gasteiger partial charge in [-0.3, -0.25) is 14.4 Å². The average Bonchev–Trinajstić information content (AvgIpc) is 2.48. The molecule has 3 N–H and O–H groups in total. The Morgan fingerprint density at radius 2 is 1.74 bits per heavy atom. The molecule has 0 fully saturated rings. The van der Waals surface area contributed by atoms with Crippen molar-refractivity contribution >= 4 is 35.0 Å². The zero-order valence-electron chi connectivity index (χ0n) is 13.5. The van der Waals surface area contributed by atoms with Crippen molar-refractivity contribution in [2.24, 2.45) is 5.92 Å². The molecule has 0 aromatic heterocycles. The standard InChI is InChI=1S/C16H22ClN3O3/c1-10(2)16(23)19-8-7-18-14(21)9-15(22)20-13-6-4-5-12(17)11(13)3/h4-6,10H,7-9H2,1-3H3,(H,18,21)(H,19,23)(H,20,22). The summed E-state index contributed by atoms with van der Waals surface area (Å²) < 4.78 is 0. The molecule has 3 amide bonds. The monoisotopic (exact) mass is 339 g/mol. The van der Waals surface area contributed by atoms with Crippen LogP contribution in [-0.2, 0) is 14.4 Å². The Balaban J connectivity index is 2.33. The third-order valence-corrected chi connectivity index (χ3v) is 3.54. The van der Waals surface area contributed by atoms with Crippen LogP contribution in [0.3, 0.4) is 0 Å². The van der Waals surface area contributed by atoms with Gasteiger partial charge in [0.05, 0.1) is 0 Å². The van der Waals surface area contributed by atoms with Gasteiger partial charge in [-0.15, -0.1) is 0 Å². The van der Waals surface area contributed by atoms with Gasteiger partial charge in [0.25, 0.3) is 0 Å². The Morgan fingerprint density at radius 1 is 1.09 bits per heavy atom. The maximum Gasteiger partial charge on any atom is 0.233 e. The number of carbonyl (C=O) groups excluding carboxylic acids is 3. The summed E-state index contributed by atoms with van der Waals surface area (Å²) in [7, 11) is 0. The van der Waals surface area contributed by atoms with Crippen LogP contribution in [0.2, 0.25) is 5.02 Å². The summed E-state index contributed by atoms with van der Waals surface area (Å²) in [6.45, 7) is 5.97. The van der Waals surface area contributed by atoms with Crippen molar-refractivity contribution in [2.75, 3.05) is 18.4 Å². The van der Waals surface area contributed by atoms with E-state index in [1.54, 1.807) is 39.0 Å². The predicted octanol–water partition coefficient (Wildman–Crippen LogP) is 1.87. The quantitative estimate of drug-likeness (QED) is 0.523. The minimum Gasteiger partial charge on any atom is -0.354 e. The van der Waals surface area contributed by atoms with Crippen LogP contribution in [0.4, 0.5) is 5.69 Å². The molecule has 0 heterocycles. The largest absolute Gasteiger partial charge is 0.354 e. The molecule has 0 aliphatic carbocycles. The highest BCUT2D eigenvalue weighted by molar-refractivity contribution is 6.31. The van der Waals surface area contributed by atoms with E-state index in [1.165, 1.54) is 0 Å². The van der Waals surface area contributed by atoms with Crippen LogP contribution in [-0.4, -0.2) is 30.8 Å². The first-order valence-electron chi connectivity index (χ1n) is 7.40. The van der Waals surface area contributed by atoms with Gasteiger partial charge >= 0.3 is 0 Å². The molecule has 1 aromatic rings. The molecule has 126 valence electrons. The lowest BCUT2D eigenvalue weighted by atomic mass is 10.2. The summed E-state index contributed by atoms with van der Waals surface area (Å²) in [4.78, 5) is 34.8. The first-order chi connectivity index (χ1) is 10.8. The van der Waals surface area contributed by atoms with Gasteiger partial charge in [0.1, 0.15) is 6.42 Å². The first-order valence-corrected chi connectivity index (χ1v) is 7.78. The molecule has 0 atom stereocenters. The Bertz CT molecular complexity index is 588. The molecule has 6 nitrogen and oxygen atoms in total. The second-order valence-corrected chi connectivity index (χ2v) is 5.84. The molecule has 1 aromatic carbocycles. The molecular weight excluding hydrogens is 318 g/mol. The predicted molar refractivity (Wildman–Crippen MR) is 90.3 cm³/mol. The highest BCUT2D eigenvalue weighted by atomic mass is 35.5.